The zero-order valence-corrected chi connectivity index (χ0v) is 23.6. The summed E-state index contributed by atoms with van der Waals surface area (Å²) in [6.07, 6.45) is 0. The molecule has 0 fully saturated rings. The van der Waals surface area contributed by atoms with Crippen molar-refractivity contribution in [1.29, 1.82) is 0 Å². The van der Waals surface area contributed by atoms with Crippen LogP contribution in [-0.4, -0.2) is 15.0 Å². The van der Waals surface area contributed by atoms with Crippen molar-refractivity contribution in [2.45, 2.75) is 0 Å². The van der Waals surface area contributed by atoms with Gasteiger partial charge in [0.1, 0.15) is 0 Å². The number of para-hydroxylation sites is 4. The van der Waals surface area contributed by atoms with E-state index in [1.807, 2.05) is 78.9 Å². The Morgan fingerprint density at radius 1 is 0.409 bits per heavy atom. The van der Waals surface area contributed by atoms with Crippen LogP contribution in [0.2, 0.25) is 0 Å². The van der Waals surface area contributed by atoms with Crippen LogP contribution in [0, 0.1) is 0 Å². The Morgan fingerprint density at radius 3 is 1.73 bits per heavy atom. The number of aromatic nitrogens is 3. The number of rotatable bonds is 3. The quantitative estimate of drug-likeness (QED) is 0.200. The predicted octanol–water partition coefficient (Wildman–Crippen LogP) is 10.2. The van der Waals surface area contributed by atoms with Crippen LogP contribution in [0.4, 0.5) is 17.3 Å². The molecule has 0 N–H and O–H groups in total. The lowest BCUT2D eigenvalue weighted by Gasteiger charge is -2.31. The predicted molar refractivity (Wildman–Crippen MR) is 178 cm³/mol. The fraction of sp³-hybridized carbons (Fsp3) is 0. The second-order valence-electron chi connectivity index (χ2n) is 10.9. The van der Waals surface area contributed by atoms with E-state index in [4.69, 9.17) is 19.7 Å². The lowest BCUT2D eigenvalue weighted by atomic mass is 9.96. The molecule has 0 atom stereocenters. The minimum Gasteiger partial charge on any atom is -0.453 e. The average Bonchev–Trinajstić information content (AvgIpc) is 3.10. The first kappa shape index (κ1) is 24.5. The van der Waals surface area contributed by atoms with Crippen LogP contribution in [0.3, 0.4) is 0 Å². The first-order chi connectivity index (χ1) is 21.8. The molecule has 0 unspecified atom stereocenters. The Bertz CT molecular complexity index is 2340. The molecular weight excluding hydrogens is 540 g/mol. The van der Waals surface area contributed by atoms with Crippen molar-refractivity contribution in [2.24, 2.45) is 0 Å². The van der Waals surface area contributed by atoms with Crippen LogP contribution in [0.25, 0.3) is 55.1 Å². The van der Waals surface area contributed by atoms with Crippen molar-refractivity contribution in [3.05, 3.63) is 146 Å². The number of anilines is 3. The molecule has 9 rings (SSSR count). The zero-order chi connectivity index (χ0) is 29.0. The maximum atomic E-state index is 6.27. The molecule has 0 saturated carbocycles. The molecule has 0 spiro atoms. The van der Waals surface area contributed by atoms with Gasteiger partial charge in [-0.15, -0.1) is 0 Å². The smallest absolute Gasteiger partial charge is 0.239 e. The molecule has 206 valence electrons. The van der Waals surface area contributed by atoms with Crippen LogP contribution in [0.5, 0.6) is 11.5 Å². The summed E-state index contributed by atoms with van der Waals surface area (Å²) < 4.78 is 6.27. The monoisotopic (exact) mass is 564 g/mol. The van der Waals surface area contributed by atoms with Crippen LogP contribution < -0.4 is 9.64 Å². The molecule has 1 aliphatic heterocycles. The molecule has 44 heavy (non-hydrogen) atoms. The first-order valence-electron chi connectivity index (χ1n) is 14.6. The Hall–Kier alpha value is -6.07. The van der Waals surface area contributed by atoms with Gasteiger partial charge in [-0.3, -0.25) is 4.90 Å². The minimum atomic E-state index is 0.529. The van der Waals surface area contributed by atoms with E-state index >= 15 is 0 Å². The molecule has 8 aromatic rings. The van der Waals surface area contributed by atoms with Crippen LogP contribution in [0.15, 0.2) is 146 Å². The largest absolute Gasteiger partial charge is 0.453 e. The molecule has 5 heteroatoms. The van der Waals surface area contributed by atoms with E-state index in [9.17, 15) is 0 Å². The van der Waals surface area contributed by atoms with E-state index in [2.05, 4.69) is 71.6 Å². The van der Waals surface area contributed by atoms with Crippen LogP contribution in [-0.2, 0) is 0 Å². The fourth-order valence-corrected chi connectivity index (χ4v) is 6.19. The average molecular weight is 565 g/mol. The number of hydrogen-bond acceptors (Lipinski definition) is 5. The van der Waals surface area contributed by atoms with E-state index in [1.54, 1.807) is 0 Å². The summed E-state index contributed by atoms with van der Waals surface area (Å²) in [6.45, 7) is 0. The minimum absolute atomic E-state index is 0.529. The number of fused-ring (bicyclic) bond motifs is 7. The Kier molecular flexibility index (Phi) is 5.43. The third kappa shape index (κ3) is 3.91. The van der Waals surface area contributed by atoms with Crippen molar-refractivity contribution >= 4 is 49.6 Å². The summed E-state index contributed by atoms with van der Waals surface area (Å²) in [5.41, 5.74) is 3.59. The highest BCUT2D eigenvalue weighted by Crippen LogP contribution is 2.49. The number of nitrogens with zero attached hydrogens (tertiary/aromatic N) is 4. The maximum Gasteiger partial charge on any atom is 0.239 e. The van der Waals surface area contributed by atoms with Gasteiger partial charge >= 0.3 is 0 Å². The first-order valence-corrected chi connectivity index (χ1v) is 14.6. The summed E-state index contributed by atoms with van der Waals surface area (Å²) in [6, 6.07) is 49.9. The van der Waals surface area contributed by atoms with E-state index < -0.39 is 0 Å². The van der Waals surface area contributed by atoms with Crippen molar-refractivity contribution in [3.8, 4) is 34.3 Å². The molecule has 7 aromatic carbocycles. The highest BCUT2D eigenvalue weighted by Gasteiger charge is 2.28. The van der Waals surface area contributed by atoms with Crippen LogP contribution >= 0.6 is 0 Å². The van der Waals surface area contributed by atoms with Gasteiger partial charge in [-0.1, -0.05) is 115 Å². The summed E-state index contributed by atoms with van der Waals surface area (Å²) in [7, 11) is 0. The Labute approximate surface area is 253 Å². The third-order valence-electron chi connectivity index (χ3n) is 8.29. The van der Waals surface area contributed by atoms with Gasteiger partial charge in [0.25, 0.3) is 0 Å². The van der Waals surface area contributed by atoms with Gasteiger partial charge in [-0.2, -0.15) is 9.97 Å². The van der Waals surface area contributed by atoms with Gasteiger partial charge in [0.15, 0.2) is 23.1 Å². The van der Waals surface area contributed by atoms with Gasteiger partial charge in [0.05, 0.1) is 11.4 Å². The summed E-state index contributed by atoms with van der Waals surface area (Å²) in [5.74, 6) is 3.24. The topological polar surface area (TPSA) is 51.1 Å². The maximum absolute atomic E-state index is 6.27. The van der Waals surface area contributed by atoms with Gasteiger partial charge in [-0.05, 0) is 62.6 Å². The Balaban J connectivity index is 1.29. The van der Waals surface area contributed by atoms with E-state index in [0.29, 0.717) is 17.6 Å². The van der Waals surface area contributed by atoms with Crippen LogP contribution in [0.1, 0.15) is 0 Å². The second-order valence-corrected chi connectivity index (χ2v) is 10.9. The van der Waals surface area contributed by atoms with E-state index in [-0.39, 0.29) is 0 Å². The fourth-order valence-electron chi connectivity index (χ4n) is 6.19. The molecule has 0 saturated heterocycles. The van der Waals surface area contributed by atoms with Gasteiger partial charge in [-0.25, -0.2) is 4.98 Å². The Morgan fingerprint density at radius 2 is 0.977 bits per heavy atom. The van der Waals surface area contributed by atoms with E-state index in [1.165, 1.54) is 26.9 Å². The lowest BCUT2D eigenvalue weighted by molar-refractivity contribution is 0.476. The summed E-state index contributed by atoms with van der Waals surface area (Å²) >= 11 is 0. The zero-order valence-electron chi connectivity index (χ0n) is 23.6. The van der Waals surface area contributed by atoms with E-state index in [0.717, 1.165) is 39.4 Å². The highest BCUT2D eigenvalue weighted by atomic mass is 16.5. The summed E-state index contributed by atoms with van der Waals surface area (Å²) in [4.78, 5) is 17.3. The number of benzene rings is 7. The molecule has 0 aliphatic carbocycles. The van der Waals surface area contributed by atoms with Crippen molar-refractivity contribution in [3.63, 3.8) is 0 Å². The molecule has 1 aliphatic rings. The molecule has 0 bridgehead atoms. The van der Waals surface area contributed by atoms with Crippen molar-refractivity contribution in [1.82, 2.24) is 15.0 Å². The lowest BCUT2D eigenvalue weighted by Crippen LogP contribution is -2.19. The SMILES string of the molecule is c1ccc(-c2nc(-c3ccc4ccc5c6ccccc6ccc5c4c3)nc(N3c4ccccc4Oc4ccccc43)n2)cc1. The highest BCUT2D eigenvalue weighted by molar-refractivity contribution is 6.17. The molecular formula is C39H24N4O. The second kappa shape index (κ2) is 9.75. The molecule has 0 radical (unpaired) electrons. The standard InChI is InChI=1S/C39H24N4O/c1-2-11-27(12-3-1)37-40-38(42-39(41-37)43-33-14-6-8-16-35(33)44-36-17-9-7-15-34(36)43)28-19-18-26-21-22-30-29-13-5-4-10-25(29)20-23-31(30)32(26)24-28/h1-24H. The van der Waals surface area contributed by atoms with Crippen molar-refractivity contribution in [2.75, 3.05) is 4.90 Å². The van der Waals surface area contributed by atoms with Gasteiger partial charge in [0.2, 0.25) is 5.95 Å². The third-order valence-corrected chi connectivity index (χ3v) is 8.29. The van der Waals surface area contributed by atoms with Gasteiger partial charge in [0, 0.05) is 11.1 Å². The number of ether oxygens (including phenoxy) is 1. The molecule has 2 heterocycles. The van der Waals surface area contributed by atoms with Crippen molar-refractivity contribution < 1.29 is 4.74 Å². The normalized spacial score (nSPS) is 12.2. The molecule has 1 aromatic heterocycles. The molecule has 5 nitrogen and oxygen atoms in total. The molecule has 0 amide bonds. The summed E-state index contributed by atoms with van der Waals surface area (Å²) in [5, 5.41) is 7.25. The number of hydrogen-bond donors (Lipinski definition) is 0. The van der Waals surface area contributed by atoms with Gasteiger partial charge < -0.3 is 4.74 Å².